The lowest BCUT2D eigenvalue weighted by Crippen LogP contribution is -2.54. The number of hydrogen-bond donors (Lipinski definition) is 1. The molecule has 3 saturated heterocycles. The molecule has 0 radical (unpaired) electrons. The average Bonchev–Trinajstić information content (AvgIpc) is 3.92. The second kappa shape index (κ2) is 19.3. The van der Waals surface area contributed by atoms with Crippen LogP contribution < -0.4 is 5.32 Å². The number of carbonyl (C=O) groups is 4. The van der Waals surface area contributed by atoms with Gasteiger partial charge >= 0.3 is 6.09 Å². The van der Waals surface area contributed by atoms with Crippen LogP contribution in [0.3, 0.4) is 0 Å². The molecule has 330 valence electrons. The molecule has 4 amide bonds. The van der Waals surface area contributed by atoms with Gasteiger partial charge in [0.1, 0.15) is 17.7 Å². The lowest BCUT2D eigenvalue weighted by atomic mass is 9.66. The van der Waals surface area contributed by atoms with Gasteiger partial charge in [-0.15, -0.1) is 0 Å². The van der Waals surface area contributed by atoms with Gasteiger partial charge in [0, 0.05) is 45.6 Å². The Balaban J connectivity index is 1.29. The lowest BCUT2D eigenvalue weighted by Gasteiger charge is -2.38. The Labute approximate surface area is 369 Å². The minimum atomic E-state index is -0.957. The Hall–Kier alpha value is -5.48. The van der Waals surface area contributed by atoms with E-state index in [2.05, 4.69) is 61.5 Å². The minimum Gasteiger partial charge on any atom is -0.444 e. The number of carbonyl (C=O) groups excluding carboxylic acids is 4. The van der Waals surface area contributed by atoms with Gasteiger partial charge in [0.2, 0.25) is 17.7 Å². The maximum Gasteiger partial charge on any atom is 0.410 e. The minimum absolute atomic E-state index is 0.0267. The quantitative estimate of drug-likeness (QED) is 0.172. The Morgan fingerprint density at radius 1 is 0.677 bits per heavy atom. The van der Waals surface area contributed by atoms with Gasteiger partial charge in [0.15, 0.2) is 0 Å². The second-order valence-electron chi connectivity index (χ2n) is 19.1. The third-order valence-corrected chi connectivity index (χ3v) is 12.3. The van der Waals surface area contributed by atoms with E-state index in [0.717, 1.165) is 46.2 Å². The van der Waals surface area contributed by atoms with Crippen LogP contribution in [0.1, 0.15) is 113 Å². The Morgan fingerprint density at radius 2 is 1.19 bits per heavy atom. The maximum absolute atomic E-state index is 15.4. The molecule has 0 bridgehead atoms. The highest BCUT2D eigenvalue weighted by Gasteiger charge is 2.48. The van der Waals surface area contributed by atoms with Crippen LogP contribution in [0.2, 0.25) is 0 Å². The van der Waals surface area contributed by atoms with Gasteiger partial charge in [-0.3, -0.25) is 14.4 Å². The zero-order valence-electron chi connectivity index (χ0n) is 37.7. The summed E-state index contributed by atoms with van der Waals surface area (Å²) in [5, 5.41) is 3.13. The van der Waals surface area contributed by atoms with Crippen LogP contribution in [-0.2, 0) is 29.3 Å². The number of likely N-dealkylation sites (tertiary alicyclic amines) is 3. The van der Waals surface area contributed by atoms with Gasteiger partial charge in [-0.1, -0.05) is 111 Å². The fourth-order valence-corrected chi connectivity index (χ4v) is 9.32. The van der Waals surface area contributed by atoms with Crippen molar-refractivity contribution >= 4 is 42.0 Å². The van der Waals surface area contributed by atoms with Crippen molar-refractivity contribution in [3.63, 3.8) is 0 Å². The smallest absolute Gasteiger partial charge is 0.410 e. The molecular weight excluding hydrogens is 777 g/mol. The van der Waals surface area contributed by atoms with E-state index in [0.29, 0.717) is 45.4 Å². The summed E-state index contributed by atoms with van der Waals surface area (Å²) in [7, 11) is 0. The van der Waals surface area contributed by atoms with Gasteiger partial charge in [0.05, 0.1) is 17.1 Å². The van der Waals surface area contributed by atoms with Crippen LogP contribution >= 0.6 is 0 Å². The van der Waals surface area contributed by atoms with Crippen LogP contribution in [0, 0.1) is 5.92 Å². The number of benzene rings is 3. The molecule has 6 rings (SSSR count). The molecule has 3 fully saturated rings. The molecular formula is C52H66N4O6. The summed E-state index contributed by atoms with van der Waals surface area (Å²) < 4.78 is 12.1. The van der Waals surface area contributed by atoms with Crippen LogP contribution in [0.5, 0.6) is 0 Å². The lowest BCUT2D eigenvalue weighted by molar-refractivity contribution is -0.147. The monoisotopic (exact) mass is 842 g/mol. The van der Waals surface area contributed by atoms with Crippen molar-refractivity contribution in [3.05, 3.63) is 126 Å². The van der Waals surface area contributed by atoms with Gasteiger partial charge in [-0.2, -0.15) is 0 Å². The summed E-state index contributed by atoms with van der Waals surface area (Å²) in [4.78, 5) is 62.2. The molecule has 10 heteroatoms. The number of amides is 4. The highest BCUT2D eigenvalue weighted by atomic mass is 16.6. The molecule has 4 atom stereocenters. The Morgan fingerprint density at radius 3 is 1.68 bits per heavy atom. The Kier molecular flexibility index (Phi) is 14.3. The predicted octanol–water partition coefficient (Wildman–Crippen LogP) is 8.88. The third kappa shape index (κ3) is 10.8. The molecule has 3 aliphatic heterocycles. The number of ether oxygens (including phenoxy) is 2. The van der Waals surface area contributed by atoms with Crippen molar-refractivity contribution in [2.75, 3.05) is 32.7 Å². The number of nitrogens with zero attached hydrogens (tertiary/aromatic N) is 3. The molecule has 3 aromatic rings. The summed E-state index contributed by atoms with van der Waals surface area (Å²) >= 11 is 0. The predicted molar refractivity (Wildman–Crippen MR) is 247 cm³/mol. The average molecular weight is 843 g/mol. The first-order chi connectivity index (χ1) is 29.4. The number of piperidine rings is 1. The van der Waals surface area contributed by atoms with Crippen molar-refractivity contribution in [2.45, 2.75) is 115 Å². The van der Waals surface area contributed by atoms with E-state index in [1.807, 2.05) is 77.9 Å². The van der Waals surface area contributed by atoms with Crippen molar-refractivity contribution in [1.82, 2.24) is 20.0 Å². The van der Waals surface area contributed by atoms with E-state index in [9.17, 15) is 14.4 Å². The molecule has 0 saturated carbocycles. The summed E-state index contributed by atoms with van der Waals surface area (Å²) in [5.41, 5.74) is 3.56. The number of hydrogen-bond acceptors (Lipinski definition) is 6. The molecule has 0 aromatic heterocycles. The van der Waals surface area contributed by atoms with Crippen molar-refractivity contribution < 1.29 is 28.7 Å². The highest BCUT2D eigenvalue weighted by Crippen LogP contribution is 2.44. The van der Waals surface area contributed by atoms with Crippen LogP contribution in [-0.4, -0.2) is 101 Å². The molecule has 3 aromatic carbocycles. The number of rotatable bonds is 13. The fourth-order valence-electron chi connectivity index (χ4n) is 9.32. The zero-order chi connectivity index (χ0) is 44.8. The topological polar surface area (TPSA) is 108 Å². The van der Waals surface area contributed by atoms with E-state index in [1.165, 1.54) is 0 Å². The molecule has 0 unspecified atom stereocenters. The van der Waals surface area contributed by atoms with Gasteiger partial charge in [-0.25, -0.2) is 4.79 Å². The van der Waals surface area contributed by atoms with Crippen molar-refractivity contribution in [3.8, 4) is 0 Å². The van der Waals surface area contributed by atoms with Gasteiger partial charge in [-0.05, 0) is 107 Å². The van der Waals surface area contributed by atoms with Gasteiger partial charge in [0.25, 0.3) is 0 Å². The molecule has 1 N–H and O–H groups in total. The second-order valence-corrected chi connectivity index (χ2v) is 19.1. The van der Waals surface area contributed by atoms with Crippen LogP contribution in [0.15, 0.2) is 92.5 Å². The summed E-state index contributed by atoms with van der Waals surface area (Å²) in [5.74, 6) is -0.574. The van der Waals surface area contributed by atoms with Crippen LogP contribution in [0.25, 0.3) is 18.2 Å². The SMILES string of the molecule is C=Cc1ccc(C(CC(=O)N2C[C@H](OC(C)(C)C)C[C@H]2C(=O)N2CCC[C@@H]2C(=O)NC[C@H]2CCCN(C(=O)OC(C)(C)C)C2)(c2ccc(C=C)cc2)c2ccc(C=C)cc2)cc1. The van der Waals surface area contributed by atoms with Crippen molar-refractivity contribution in [1.29, 1.82) is 0 Å². The largest absolute Gasteiger partial charge is 0.444 e. The summed E-state index contributed by atoms with van der Waals surface area (Å²) in [6.45, 7) is 25.5. The van der Waals surface area contributed by atoms with Gasteiger partial charge < -0.3 is 29.5 Å². The first-order valence-electron chi connectivity index (χ1n) is 22.2. The van der Waals surface area contributed by atoms with E-state index in [-0.39, 0.29) is 48.8 Å². The molecule has 3 heterocycles. The summed E-state index contributed by atoms with van der Waals surface area (Å²) in [6.07, 6.45) is 7.90. The van der Waals surface area contributed by atoms with Crippen molar-refractivity contribution in [2.24, 2.45) is 5.92 Å². The van der Waals surface area contributed by atoms with E-state index in [1.54, 1.807) is 32.9 Å². The Bertz CT molecular complexity index is 1970. The fraction of sp³-hybridized carbons (Fsp3) is 0.462. The van der Waals surface area contributed by atoms with E-state index in [4.69, 9.17) is 9.47 Å². The highest BCUT2D eigenvalue weighted by molar-refractivity contribution is 5.93. The normalized spacial score (nSPS) is 20.7. The van der Waals surface area contributed by atoms with Crippen LogP contribution in [0.4, 0.5) is 4.79 Å². The van der Waals surface area contributed by atoms with E-state index >= 15 is 4.79 Å². The summed E-state index contributed by atoms with van der Waals surface area (Å²) in [6, 6.07) is 22.9. The standard InChI is InChI=1S/C52H66N4O6/c1-10-36-17-23-40(24-18-36)52(41-25-19-37(11-2)20-26-41,42-27-21-38(12-3)22-28-42)32-46(57)56-35-43(61-50(4,5)6)31-45(56)48(59)55-30-14-16-44(55)47(58)53-33-39-15-13-29-54(34-39)49(60)62-51(7,8)9/h10-12,17-28,39,43-45H,1-3,13-16,29-35H2,4-9H3,(H,53,58)/t39-,43-,44-,45+/m1/s1. The molecule has 0 aliphatic carbocycles. The third-order valence-electron chi connectivity index (χ3n) is 12.3. The molecule has 3 aliphatic rings. The first kappa shape index (κ1) is 46.0. The number of nitrogens with one attached hydrogen (secondary N) is 1. The van der Waals surface area contributed by atoms with E-state index < -0.39 is 28.7 Å². The zero-order valence-corrected chi connectivity index (χ0v) is 37.7. The maximum atomic E-state index is 15.4. The molecule has 62 heavy (non-hydrogen) atoms. The first-order valence-corrected chi connectivity index (χ1v) is 22.2. The molecule has 0 spiro atoms. The molecule has 10 nitrogen and oxygen atoms in total.